The maximum atomic E-state index is 12.6. The smallest absolute Gasteiger partial charge is 0.193 e. The number of fused-ring (bicyclic) bond motifs is 1. The zero-order chi connectivity index (χ0) is 18.0. The minimum atomic E-state index is -0.171. The molecule has 25 heavy (non-hydrogen) atoms. The van der Waals surface area contributed by atoms with Crippen molar-refractivity contribution in [1.82, 2.24) is 0 Å². The van der Waals surface area contributed by atoms with Crippen LogP contribution in [0.4, 0.5) is 5.69 Å². The number of anilines is 1. The SMILES string of the molecule is COc1cccc(-c2cc(=O)c3cc(Cl)cc(CCCN)c3o2)c1N. The molecule has 130 valence electrons. The summed E-state index contributed by atoms with van der Waals surface area (Å²) in [7, 11) is 1.54. The fraction of sp³-hybridized carbons (Fsp3) is 0.211. The van der Waals surface area contributed by atoms with E-state index in [1.54, 1.807) is 37.4 Å². The molecular formula is C19H19ClN2O3. The van der Waals surface area contributed by atoms with Crippen LogP contribution >= 0.6 is 11.6 Å². The summed E-state index contributed by atoms with van der Waals surface area (Å²) in [5, 5.41) is 0.949. The highest BCUT2D eigenvalue weighted by atomic mass is 35.5. The molecule has 0 fully saturated rings. The third-order valence-electron chi connectivity index (χ3n) is 4.07. The van der Waals surface area contributed by atoms with Crippen LogP contribution in [-0.4, -0.2) is 13.7 Å². The Morgan fingerprint density at radius 2 is 2.04 bits per heavy atom. The van der Waals surface area contributed by atoms with E-state index in [1.807, 2.05) is 0 Å². The Hall–Kier alpha value is -2.50. The largest absolute Gasteiger partial charge is 0.495 e. The van der Waals surface area contributed by atoms with Gasteiger partial charge in [-0.15, -0.1) is 0 Å². The molecule has 0 spiro atoms. The van der Waals surface area contributed by atoms with Crippen LogP contribution in [0.25, 0.3) is 22.3 Å². The van der Waals surface area contributed by atoms with Gasteiger partial charge in [0.2, 0.25) is 0 Å². The first-order chi connectivity index (χ1) is 12.0. The maximum absolute atomic E-state index is 12.6. The van der Waals surface area contributed by atoms with Gasteiger partial charge < -0.3 is 20.6 Å². The number of ether oxygens (including phenoxy) is 1. The normalized spacial score (nSPS) is 11.0. The molecule has 3 rings (SSSR count). The number of nitrogens with two attached hydrogens (primary N) is 2. The van der Waals surface area contributed by atoms with Crippen molar-refractivity contribution < 1.29 is 9.15 Å². The zero-order valence-corrected chi connectivity index (χ0v) is 14.6. The lowest BCUT2D eigenvalue weighted by Crippen LogP contribution is -2.05. The molecular weight excluding hydrogens is 340 g/mol. The van der Waals surface area contributed by atoms with Crippen molar-refractivity contribution in [3.63, 3.8) is 0 Å². The van der Waals surface area contributed by atoms with E-state index in [0.29, 0.717) is 51.7 Å². The molecule has 0 atom stereocenters. The van der Waals surface area contributed by atoms with Gasteiger partial charge in [0.25, 0.3) is 0 Å². The molecule has 0 amide bonds. The van der Waals surface area contributed by atoms with Gasteiger partial charge in [-0.1, -0.05) is 17.7 Å². The molecule has 0 saturated carbocycles. The van der Waals surface area contributed by atoms with Gasteiger partial charge in [-0.25, -0.2) is 0 Å². The van der Waals surface area contributed by atoms with Gasteiger partial charge in [0.05, 0.1) is 18.2 Å². The number of hydrogen-bond donors (Lipinski definition) is 2. The van der Waals surface area contributed by atoms with Crippen molar-refractivity contribution in [3.05, 3.63) is 57.2 Å². The van der Waals surface area contributed by atoms with E-state index >= 15 is 0 Å². The van der Waals surface area contributed by atoms with Crippen LogP contribution in [-0.2, 0) is 6.42 Å². The van der Waals surface area contributed by atoms with Crippen molar-refractivity contribution >= 4 is 28.3 Å². The summed E-state index contributed by atoms with van der Waals surface area (Å²) < 4.78 is 11.3. The third-order valence-corrected chi connectivity index (χ3v) is 4.29. The van der Waals surface area contributed by atoms with Crippen molar-refractivity contribution in [2.45, 2.75) is 12.8 Å². The molecule has 0 unspecified atom stereocenters. The number of hydrogen-bond acceptors (Lipinski definition) is 5. The molecule has 1 heterocycles. The fourth-order valence-electron chi connectivity index (χ4n) is 2.84. The summed E-state index contributed by atoms with van der Waals surface area (Å²) in [6.45, 7) is 0.542. The first-order valence-electron chi connectivity index (χ1n) is 7.94. The lowest BCUT2D eigenvalue weighted by molar-refractivity contribution is 0.417. The molecule has 6 heteroatoms. The van der Waals surface area contributed by atoms with Crippen LogP contribution in [0.15, 0.2) is 45.6 Å². The highest BCUT2D eigenvalue weighted by Gasteiger charge is 2.15. The van der Waals surface area contributed by atoms with Gasteiger partial charge in [-0.3, -0.25) is 4.79 Å². The van der Waals surface area contributed by atoms with Crippen molar-refractivity contribution in [2.24, 2.45) is 5.73 Å². The predicted octanol–water partition coefficient (Wildman–Crippen LogP) is 3.60. The second kappa shape index (κ2) is 7.17. The summed E-state index contributed by atoms with van der Waals surface area (Å²) >= 11 is 6.15. The average Bonchev–Trinajstić information content (AvgIpc) is 2.60. The van der Waals surface area contributed by atoms with E-state index in [2.05, 4.69) is 0 Å². The van der Waals surface area contributed by atoms with Gasteiger partial charge in [0.15, 0.2) is 5.43 Å². The van der Waals surface area contributed by atoms with Crippen LogP contribution in [0, 0.1) is 0 Å². The maximum Gasteiger partial charge on any atom is 0.193 e. The molecule has 2 aromatic carbocycles. The Balaban J connectivity index is 2.25. The van der Waals surface area contributed by atoms with Gasteiger partial charge in [0, 0.05) is 16.7 Å². The van der Waals surface area contributed by atoms with Crippen LogP contribution < -0.4 is 21.6 Å². The average molecular weight is 359 g/mol. The number of aryl methyl sites for hydroxylation is 1. The molecule has 0 bridgehead atoms. The molecule has 0 aliphatic heterocycles. The Labute approximate surface area is 150 Å². The van der Waals surface area contributed by atoms with Crippen LogP contribution in [0.2, 0.25) is 5.02 Å². The molecule has 5 nitrogen and oxygen atoms in total. The number of methoxy groups -OCH3 is 1. The minimum absolute atomic E-state index is 0.171. The lowest BCUT2D eigenvalue weighted by atomic mass is 10.0. The standard InChI is InChI=1S/C19H19ClN2O3/c1-24-16-6-2-5-13(18(16)22)17-10-15(23)14-9-12(20)8-11(4-3-7-21)19(14)25-17/h2,5-6,8-10H,3-4,7,21-22H2,1H3. The summed E-state index contributed by atoms with van der Waals surface area (Å²) in [4.78, 5) is 12.6. The second-order valence-corrected chi connectivity index (χ2v) is 6.17. The van der Waals surface area contributed by atoms with E-state index < -0.39 is 0 Å². The highest BCUT2D eigenvalue weighted by molar-refractivity contribution is 6.31. The molecule has 0 aliphatic rings. The second-order valence-electron chi connectivity index (χ2n) is 5.73. The highest BCUT2D eigenvalue weighted by Crippen LogP contribution is 2.34. The predicted molar refractivity (Wildman–Crippen MR) is 101 cm³/mol. The van der Waals surface area contributed by atoms with E-state index in [1.165, 1.54) is 6.07 Å². The molecule has 3 aromatic rings. The number of para-hydroxylation sites is 1. The van der Waals surface area contributed by atoms with Gasteiger partial charge in [0.1, 0.15) is 17.1 Å². The Morgan fingerprint density at radius 3 is 2.76 bits per heavy atom. The van der Waals surface area contributed by atoms with Crippen LogP contribution in [0.5, 0.6) is 5.75 Å². The van der Waals surface area contributed by atoms with E-state index in [-0.39, 0.29) is 5.43 Å². The molecule has 0 aliphatic carbocycles. The van der Waals surface area contributed by atoms with Crippen molar-refractivity contribution in [3.8, 4) is 17.1 Å². The van der Waals surface area contributed by atoms with E-state index in [0.717, 1.165) is 12.0 Å². The molecule has 0 saturated heterocycles. The summed E-state index contributed by atoms with van der Waals surface area (Å²) in [6.07, 6.45) is 1.44. The fourth-order valence-corrected chi connectivity index (χ4v) is 3.08. The monoisotopic (exact) mass is 358 g/mol. The molecule has 1 aromatic heterocycles. The van der Waals surface area contributed by atoms with Gasteiger partial charge in [-0.2, -0.15) is 0 Å². The minimum Gasteiger partial charge on any atom is -0.495 e. The van der Waals surface area contributed by atoms with Crippen molar-refractivity contribution in [1.29, 1.82) is 0 Å². The Morgan fingerprint density at radius 1 is 1.24 bits per heavy atom. The van der Waals surface area contributed by atoms with Gasteiger partial charge in [-0.05, 0) is 49.2 Å². The number of rotatable bonds is 5. The quantitative estimate of drug-likeness (QED) is 0.680. The lowest BCUT2D eigenvalue weighted by Gasteiger charge is -2.11. The first-order valence-corrected chi connectivity index (χ1v) is 8.32. The summed E-state index contributed by atoms with van der Waals surface area (Å²) in [5.41, 5.74) is 14.0. The Kier molecular flexibility index (Phi) is 4.97. The topological polar surface area (TPSA) is 91.5 Å². The summed E-state index contributed by atoms with van der Waals surface area (Å²) in [5.74, 6) is 0.921. The van der Waals surface area contributed by atoms with E-state index in [9.17, 15) is 4.79 Å². The molecule has 0 radical (unpaired) electrons. The van der Waals surface area contributed by atoms with Gasteiger partial charge >= 0.3 is 0 Å². The first kappa shape index (κ1) is 17.3. The van der Waals surface area contributed by atoms with E-state index in [4.69, 9.17) is 32.2 Å². The Bertz CT molecular complexity index is 982. The third kappa shape index (κ3) is 3.34. The number of halogens is 1. The van der Waals surface area contributed by atoms with Crippen LogP contribution in [0.1, 0.15) is 12.0 Å². The van der Waals surface area contributed by atoms with Crippen molar-refractivity contribution in [2.75, 3.05) is 19.4 Å². The number of benzene rings is 2. The summed E-state index contributed by atoms with van der Waals surface area (Å²) in [6, 6.07) is 10.2. The molecule has 4 N–H and O–H groups in total. The number of nitrogen functional groups attached to an aromatic ring is 1. The zero-order valence-electron chi connectivity index (χ0n) is 13.8. The van der Waals surface area contributed by atoms with Crippen LogP contribution in [0.3, 0.4) is 0 Å².